The van der Waals surface area contributed by atoms with Gasteiger partial charge in [0.2, 0.25) is 0 Å². The predicted molar refractivity (Wildman–Crippen MR) is 138 cm³/mol. The van der Waals surface area contributed by atoms with Crippen LogP contribution < -0.4 is 0 Å². The Morgan fingerprint density at radius 3 is 2.79 bits per heavy atom. The molecule has 29 heavy (non-hydrogen) atoms. The molecule has 2 nitrogen and oxygen atoms in total. The Morgan fingerprint density at radius 2 is 2.00 bits per heavy atom. The van der Waals surface area contributed by atoms with Crippen LogP contribution >= 0.6 is 34.4 Å². The largest absolute Gasteiger partial charge is 0.347 e. The zero-order valence-electron chi connectivity index (χ0n) is 18.2. The number of aryl methyl sites for hydroxylation is 1. The maximum absolute atomic E-state index is 2.85. The van der Waals surface area contributed by atoms with Gasteiger partial charge >= 0.3 is 0 Å². The first-order valence-electron chi connectivity index (χ1n) is 11.7. The Kier molecular flexibility index (Phi) is 7.90. The van der Waals surface area contributed by atoms with Crippen LogP contribution in [0.4, 0.5) is 0 Å². The summed E-state index contributed by atoms with van der Waals surface area (Å²) in [5.74, 6) is 2.88. The highest BCUT2D eigenvalue weighted by molar-refractivity contribution is 14.1. The van der Waals surface area contributed by atoms with E-state index in [-0.39, 0.29) is 0 Å². The number of benzene rings is 1. The maximum Gasteiger partial charge on any atom is 0.0486 e. The molecule has 0 saturated carbocycles. The molecule has 1 aliphatic carbocycles. The van der Waals surface area contributed by atoms with Gasteiger partial charge in [0.15, 0.2) is 0 Å². The number of hydrogen-bond donors (Lipinski definition) is 0. The van der Waals surface area contributed by atoms with Gasteiger partial charge in [0, 0.05) is 42.1 Å². The molecule has 4 heteroatoms. The van der Waals surface area contributed by atoms with Crippen LogP contribution in [-0.2, 0) is 13.0 Å². The van der Waals surface area contributed by atoms with Crippen LogP contribution in [0.5, 0.6) is 0 Å². The second-order valence-electron chi connectivity index (χ2n) is 9.12. The number of hydrogen-bond acceptors (Lipinski definition) is 2. The van der Waals surface area contributed by atoms with Crippen molar-refractivity contribution in [2.75, 3.05) is 29.5 Å². The molecule has 1 aromatic heterocycles. The Morgan fingerprint density at radius 1 is 1.14 bits per heavy atom. The predicted octanol–water partition coefficient (Wildman–Crippen LogP) is 6.74. The van der Waals surface area contributed by atoms with Crippen molar-refractivity contribution in [1.82, 2.24) is 9.47 Å². The highest BCUT2D eigenvalue weighted by atomic mass is 127. The molecule has 1 aromatic carbocycles. The van der Waals surface area contributed by atoms with Crippen LogP contribution in [0.25, 0.3) is 10.9 Å². The summed E-state index contributed by atoms with van der Waals surface area (Å²) in [4.78, 5) is 2.85. The van der Waals surface area contributed by atoms with Crippen LogP contribution in [-0.4, -0.2) is 45.0 Å². The van der Waals surface area contributed by atoms with Gasteiger partial charge in [-0.15, -0.1) is 0 Å². The first-order valence-corrected chi connectivity index (χ1v) is 14.6. The molecule has 160 valence electrons. The lowest BCUT2D eigenvalue weighted by molar-refractivity contribution is 0.0926. The minimum absolute atomic E-state index is 0.714. The fraction of sp³-hybridized carbons (Fsp3) is 0.680. The summed E-state index contributed by atoms with van der Waals surface area (Å²) in [5.41, 5.74) is 4.77. The summed E-state index contributed by atoms with van der Waals surface area (Å²) >= 11 is 4.53. The van der Waals surface area contributed by atoms with Gasteiger partial charge in [-0.1, -0.05) is 54.5 Å². The normalized spacial score (nSPS) is 24.2. The molecule has 4 rings (SSSR count). The molecule has 1 fully saturated rings. The summed E-state index contributed by atoms with van der Waals surface area (Å²) < 4.78 is 3.88. The van der Waals surface area contributed by atoms with Gasteiger partial charge in [-0.2, -0.15) is 11.8 Å². The molecule has 2 aromatic rings. The van der Waals surface area contributed by atoms with E-state index in [1.54, 1.807) is 16.5 Å². The number of halogens is 1. The van der Waals surface area contributed by atoms with E-state index >= 15 is 0 Å². The summed E-state index contributed by atoms with van der Waals surface area (Å²) in [6, 6.07) is 7.88. The van der Waals surface area contributed by atoms with E-state index in [2.05, 4.69) is 69.6 Å². The lowest BCUT2D eigenvalue weighted by Crippen LogP contribution is -2.50. The van der Waals surface area contributed by atoms with Gasteiger partial charge < -0.3 is 4.57 Å². The Balaban J connectivity index is 1.60. The number of nitrogens with zero attached hydrogens (tertiary/aromatic N) is 2. The van der Waals surface area contributed by atoms with Crippen LogP contribution in [0.3, 0.4) is 0 Å². The van der Waals surface area contributed by atoms with Gasteiger partial charge in [-0.25, -0.2) is 0 Å². The molecule has 1 aliphatic heterocycles. The van der Waals surface area contributed by atoms with Crippen molar-refractivity contribution in [3.05, 3.63) is 35.5 Å². The van der Waals surface area contributed by atoms with E-state index < -0.39 is 0 Å². The fourth-order valence-corrected chi connectivity index (χ4v) is 7.14. The summed E-state index contributed by atoms with van der Waals surface area (Å²) in [5, 5.41) is 1.61. The van der Waals surface area contributed by atoms with Crippen molar-refractivity contribution < 1.29 is 0 Å². The number of thioether (sulfide) groups is 1. The number of rotatable bonds is 10. The third-order valence-electron chi connectivity index (χ3n) is 7.05. The zero-order chi connectivity index (χ0) is 20.2. The van der Waals surface area contributed by atoms with Gasteiger partial charge in [-0.3, -0.25) is 4.90 Å². The molecule has 0 spiro atoms. The second-order valence-corrected chi connectivity index (χ2v) is 11.1. The molecule has 0 radical (unpaired) electrons. The second kappa shape index (κ2) is 10.4. The first kappa shape index (κ1) is 22.0. The fourth-order valence-electron chi connectivity index (χ4n) is 5.89. The molecular weight excluding hydrogens is 487 g/mol. The quantitative estimate of drug-likeness (QED) is 0.193. The summed E-state index contributed by atoms with van der Waals surface area (Å²) in [7, 11) is 0. The average molecular weight is 525 g/mol. The third-order valence-corrected chi connectivity index (χ3v) is 8.62. The number of unbranched alkanes of at least 4 members (excludes halogenated alkanes) is 3. The smallest absolute Gasteiger partial charge is 0.0486 e. The lowest BCUT2D eigenvalue weighted by atomic mass is 9.72. The summed E-state index contributed by atoms with van der Waals surface area (Å²) in [6.45, 7) is 6.09. The van der Waals surface area contributed by atoms with E-state index in [1.165, 1.54) is 80.3 Å². The van der Waals surface area contributed by atoms with E-state index in [9.17, 15) is 0 Å². The van der Waals surface area contributed by atoms with Crippen molar-refractivity contribution in [1.29, 1.82) is 0 Å². The first-order chi connectivity index (χ1) is 14.3. The van der Waals surface area contributed by atoms with Gasteiger partial charge in [0.25, 0.3) is 0 Å². The third kappa shape index (κ3) is 4.69. The molecule has 0 bridgehead atoms. The molecule has 0 unspecified atom stereocenters. The number of alkyl halides is 1. The van der Waals surface area contributed by atoms with Crippen molar-refractivity contribution in [3.63, 3.8) is 0 Å². The van der Waals surface area contributed by atoms with Crippen LogP contribution in [0.2, 0.25) is 0 Å². The zero-order valence-corrected chi connectivity index (χ0v) is 21.2. The van der Waals surface area contributed by atoms with Crippen molar-refractivity contribution in [3.8, 4) is 0 Å². The van der Waals surface area contributed by atoms with Gasteiger partial charge in [-0.05, 0) is 78.2 Å². The number of aromatic nitrogens is 1. The van der Waals surface area contributed by atoms with Gasteiger partial charge in [0.05, 0.1) is 0 Å². The van der Waals surface area contributed by atoms with Crippen LogP contribution in [0.15, 0.2) is 24.4 Å². The Labute approximate surface area is 195 Å². The van der Waals surface area contributed by atoms with E-state index in [0.29, 0.717) is 6.04 Å². The van der Waals surface area contributed by atoms with Crippen LogP contribution in [0.1, 0.15) is 62.5 Å². The van der Waals surface area contributed by atoms with Crippen molar-refractivity contribution >= 4 is 45.3 Å². The topological polar surface area (TPSA) is 8.17 Å². The molecule has 0 amide bonds. The monoisotopic (exact) mass is 524 g/mol. The number of piperidine rings is 1. The average Bonchev–Trinajstić information content (AvgIpc) is 3.08. The van der Waals surface area contributed by atoms with E-state index in [1.807, 2.05) is 11.8 Å². The molecule has 0 N–H and O–H groups in total. The van der Waals surface area contributed by atoms with E-state index in [4.69, 9.17) is 0 Å². The minimum atomic E-state index is 0.714. The molecule has 2 heterocycles. The SMILES string of the molecule is CCCN1C[C@H](CSC)C[C@@H]2c3cccc4c3c(cn4CCCCCCI)C[C@H]21. The van der Waals surface area contributed by atoms with Crippen molar-refractivity contribution in [2.24, 2.45) is 5.92 Å². The Hall–Kier alpha value is -0.200. The molecule has 2 aliphatic rings. The van der Waals surface area contributed by atoms with E-state index in [0.717, 1.165) is 11.8 Å². The number of likely N-dealkylation sites (tertiary alicyclic amines) is 1. The molecule has 1 saturated heterocycles. The molecule has 3 atom stereocenters. The van der Waals surface area contributed by atoms with Gasteiger partial charge in [0.1, 0.15) is 0 Å². The van der Waals surface area contributed by atoms with Crippen LogP contribution in [0, 0.1) is 5.92 Å². The number of fused-ring (bicyclic) bond motifs is 2. The highest BCUT2D eigenvalue weighted by Gasteiger charge is 2.40. The highest BCUT2D eigenvalue weighted by Crippen LogP contribution is 2.45. The summed E-state index contributed by atoms with van der Waals surface area (Å²) in [6.07, 6.45) is 14.1. The standard InChI is InChI=1S/C25H37IN2S/c1-3-12-27-16-19(18-29-2)14-22-21-9-8-10-23-25(21)20(15-24(22)27)17-28(23)13-7-5-4-6-11-26/h8-10,17,19,22,24H,3-7,11-16,18H2,1-2H3/t19-,22-,24-/m1/s1. The van der Waals surface area contributed by atoms with Crippen molar-refractivity contribution in [2.45, 2.75) is 70.4 Å². The lowest BCUT2D eigenvalue weighted by Gasteiger charge is -2.47. The Bertz CT molecular complexity index is 801. The maximum atomic E-state index is 2.85. The minimum Gasteiger partial charge on any atom is -0.347 e. The molecular formula is C25H37IN2S.